The molecule has 3 aromatic heterocycles. The number of aromatic nitrogens is 6. The van der Waals surface area contributed by atoms with Crippen molar-refractivity contribution in [1.82, 2.24) is 35.0 Å². The third kappa shape index (κ3) is 4.38. The van der Waals surface area contributed by atoms with Crippen molar-refractivity contribution in [2.24, 2.45) is 0 Å². The Kier molecular flexibility index (Phi) is 5.51. The number of nitrogens with zero attached hydrogens (tertiary/aromatic N) is 4. The van der Waals surface area contributed by atoms with Crippen LogP contribution in [0.4, 0.5) is 13.2 Å². The first kappa shape index (κ1) is 21.3. The Morgan fingerprint density at radius 3 is 2.78 bits per heavy atom. The van der Waals surface area contributed by atoms with Gasteiger partial charge < -0.3 is 15.3 Å². The summed E-state index contributed by atoms with van der Waals surface area (Å²) < 4.78 is 40.2. The van der Waals surface area contributed by atoms with Crippen molar-refractivity contribution in [3.63, 3.8) is 0 Å². The van der Waals surface area contributed by atoms with Crippen LogP contribution < -0.4 is 10.9 Å². The molecule has 9 nitrogen and oxygen atoms in total. The van der Waals surface area contributed by atoms with Crippen LogP contribution in [0.2, 0.25) is 0 Å². The molecule has 0 unspecified atom stereocenters. The molecule has 0 bridgehead atoms. The number of nitrogens with one attached hydrogen (secondary N) is 3. The summed E-state index contributed by atoms with van der Waals surface area (Å²) in [5.41, 5.74) is -0.185. The van der Waals surface area contributed by atoms with E-state index in [0.29, 0.717) is 23.5 Å². The number of carbonyl (C=O) groups is 1. The fourth-order valence-corrected chi connectivity index (χ4v) is 3.08. The first-order chi connectivity index (χ1) is 15.2. The molecule has 0 atom stereocenters. The van der Waals surface area contributed by atoms with Gasteiger partial charge in [0, 0.05) is 12.7 Å². The van der Waals surface area contributed by atoms with Crippen molar-refractivity contribution < 1.29 is 18.0 Å². The van der Waals surface area contributed by atoms with Crippen LogP contribution in [0.5, 0.6) is 0 Å². The number of imidazole rings is 1. The van der Waals surface area contributed by atoms with Gasteiger partial charge in [-0.25, -0.2) is 9.97 Å². The van der Waals surface area contributed by atoms with Gasteiger partial charge in [-0.15, -0.1) is 0 Å². The molecule has 12 heteroatoms. The summed E-state index contributed by atoms with van der Waals surface area (Å²) in [7, 11) is 0. The third-order valence-corrected chi connectivity index (χ3v) is 4.62. The lowest BCUT2D eigenvalue weighted by Crippen LogP contribution is -2.28. The molecular weight excluding hydrogens is 427 g/mol. The number of aromatic amines is 2. The molecular formula is C20H18F3N7O2. The number of fused-ring (bicyclic) bond motifs is 1. The van der Waals surface area contributed by atoms with Gasteiger partial charge in [0.2, 0.25) is 5.82 Å². The van der Waals surface area contributed by atoms with Crippen LogP contribution in [0.15, 0.2) is 41.5 Å². The maximum atomic E-state index is 12.9. The maximum absolute atomic E-state index is 12.9. The Bertz CT molecular complexity index is 1340. The van der Waals surface area contributed by atoms with Crippen LogP contribution in [-0.4, -0.2) is 42.2 Å². The van der Waals surface area contributed by atoms with Gasteiger partial charge in [0.15, 0.2) is 11.2 Å². The Balaban J connectivity index is 1.59. The number of halogens is 3. The summed E-state index contributed by atoms with van der Waals surface area (Å²) >= 11 is 0. The monoisotopic (exact) mass is 445 g/mol. The standard InChI is InChI=1S/C20H18F3N7O2/c1-2-6-24-19(32)17-28-16-14(18(31)29-17)26-15(27-16)12-8-25-30(10-12)9-11-4-3-5-13(7-11)20(21,22)23/h3-5,7-8,10H,2,6,9H2,1H3,(H,24,32)(H2,26,27,28,29,31). The zero-order valence-corrected chi connectivity index (χ0v) is 16.8. The highest BCUT2D eigenvalue weighted by Crippen LogP contribution is 2.29. The predicted molar refractivity (Wildman–Crippen MR) is 109 cm³/mol. The number of amides is 1. The van der Waals surface area contributed by atoms with E-state index in [4.69, 9.17) is 0 Å². The molecule has 1 aromatic carbocycles. The van der Waals surface area contributed by atoms with Gasteiger partial charge in [-0.3, -0.25) is 14.3 Å². The van der Waals surface area contributed by atoms with Crippen LogP contribution in [0.25, 0.3) is 22.6 Å². The highest BCUT2D eigenvalue weighted by atomic mass is 19.4. The number of H-pyrrole nitrogens is 2. The summed E-state index contributed by atoms with van der Waals surface area (Å²) in [6.45, 7) is 2.45. The Hall–Kier alpha value is -3.96. The molecule has 0 aliphatic rings. The van der Waals surface area contributed by atoms with Crippen molar-refractivity contribution in [1.29, 1.82) is 0 Å². The average molecular weight is 445 g/mol. The third-order valence-electron chi connectivity index (χ3n) is 4.62. The molecule has 0 aliphatic heterocycles. The minimum atomic E-state index is -4.42. The molecule has 0 saturated heterocycles. The Morgan fingerprint density at radius 1 is 1.22 bits per heavy atom. The van der Waals surface area contributed by atoms with Crippen LogP contribution in [0.1, 0.15) is 35.1 Å². The number of alkyl halides is 3. The fourth-order valence-electron chi connectivity index (χ4n) is 3.08. The number of rotatable bonds is 6. The van der Waals surface area contributed by atoms with Crippen molar-refractivity contribution in [2.45, 2.75) is 26.1 Å². The SMILES string of the molecule is CCCNC(=O)c1nc2nc(-c3cnn(Cc4cccc(C(F)(F)F)c4)c3)[nH]c2c(=O)[nH]1. The number of carbonyl (C=O) groups excluding carboxylic acids is 1. The van der Waals surface area contributed by atoms with E-state index in [2.05, 4.69) is 30.4 Å². The molecule has 32 heavy (non-hydrogen) atoms. The summed E-state index contributed by atoms with van der Waals surface area (Å²) in [5.74, 6) is -0.363. The van der Waals surface area contributed by atoms with E-state index in [0.717, 1.165) is 18.6 Å². The maximum Gasteiger partial charge on any atom is 0.416 e. The molecule has 4 rings (SSSR count). The minimum absolute atomic E-state index is 0.0658. The topological polar surface area (TPSA) is 121 Å². The Labute approximate surface area is 178 Å². The number of hydrogen-bond acceptors (Lipinski definition) is 5. The molecule has 0 spiro atoms. The van der Waals surface area contributed by atoms with Crippen LogP contribution in [-0.2, 0) is 12.7 Å². The van der Waals surface area contributed by atoms with Gasteiger partial charge in [-0.1, -0.05) is 19.1 Å². The molecule has 3 N–H and O–H groups in total. The van der Waals surface area contributed by atoms with Gasteiger partial charge in [-0.2, -0.15) is 18.3 Å². The van der Waals surface area contributed by atoms with E-state index < -0.39 is 23.2 Å². The lowest BCUT2D eigenvalue weighted by atomic mass is 10.1. The second-order valence-electron chi connectivity index (χ2n) is 7.08. The van der Waals surface area contributed by atoms with E-state index in [1.54, 1.807) is 12.3 Å². The molecule has 4 aromatic rings. The first-order valence-corrected chi connectivity index (χ1v) is 9.72. The summed E-state index contributed by atoms with van der Waals surface area (Å²) in [6, 6.07) is 4.99. The zero-order valence-electron chi connectivity index (χ0n) is 16.8. The van der Waals surface area contributed by atoms with E-state index in [1.807, 2.05) is 6.92 Å². The molecule has 0 radical (unpaired) electrons. The van der Waals surface area contributed by atoms with Crippen LogP contribution in [0, 0.1) is 0 Å². The summed E-state index contributed by atoms with van der Waals surface area (Å²) in [5, 5.41) is 6.78. The molecule has 1 amide bonds. The van der Waals surface area contributed by atoms with Crippen molar-refractivity contribution in [2.75, 3.05) is 6.54 Å². The second kappa shape index (κ2) is 8.29. The van der Waals surface area contributed by atoms with Gasteiger partial charge in [-0.05, 0) is 24.1 Å². The second-order valence-corrected chi connectivity index (χ2v) is 7.08. The molecule has 0 saturated carbocycles. The van der Waals surface area contributed by atoms with E-state index >= 15 is 0 Å². The average Bonchev–Trinajstić information content (AvgIpc) is 3.38. The van der Waals surface area contributed by atoms with Gasteiger partial charge >= 0.3 is 6.18 Å². The van der Waals surface area contributed by atoms with Crippen LogP contribution in [0.3, 0.4) is 0 Å². The van der Waals surface area contributed by atoms with Gasteiger partial charge in [0.05, 0.1) is 23.9 Å². The van der Waals surface area contributed by atoms with E-state index in [9.17, 15) is 22.8 Å². The predicted octanol–water partition coefficient (Wildman–Crippen LogP) is 2.72. The molecule has 166 valence electrons. The summed E-state index contributed by atoms with van der Waals surface area (Å²) in [4.78, 5) is 38.0. The molecule has 0 fully saturated rings. The molecule has 3 heterocycles. The quantitative estimate of drug-likeness (QED) is 0.421. The smallest absolute Gasteiger partial charge is 0.349 e. The van der Waals surface area contributed by atoms with E-state index in [-0.39, 0.29) is 23.5 Å². The van der Waals surface area contributed by atoms with Gasteiger partial charge in [0.25, 0.3) is 11.5 Å². The fraction of sp³-hybridized carbons (Fsp3) is 0.250. The minimum Gasteiger partial charge on any atom is -0.349 e. The van der Waals surface area contributed by atoms with Crippen molar-refractivity contribution >= 4 is 17.1 Å². The Morgan fingerprint density at radius 2 is 2.03 bits per heavy atom. The van der Waals surface area contributed by atoms with E-state index in [1.165, 1.54) is 16.9 Å². The number of hydrogen-bond donors (Lipinski definition) is 3. The summed E-state index contributed by atoms with van der Waals surface area (Å²) in [6.07, 6.45) is -0.642. The van der Waals surface area contributed by atoms with Crippen molar-refractivity contribution in [3.8, 4) is 11.4 Å². The normalized spacial score (nSPS) is 11.8. The highest BCUT2D eigenvalue weighted by molar-refractivity contribution is 5.92. The zero-order chi connectivity index (χ0) is 22.9. The molecule has 0 aliphatic carbocycles. The first-order valence-electron chi connectivity index (χ1n) is 9.72. The number of benzene rings is 1. The van der Waals surface area contributed by atoms with Gasteiger partial charge in [0.1, 0.15) is 5.82 Å². The highest BCUT2D eigenvalue weighted by Gasteiger charge is 2.30. The van der Waals surface area contributed by atoms with Crippen molar-refractivity contribution in [3.05, 3.63) is 64.0 Å². The van der Waals surface area contributed by atoms with Crippen LogP contribution >= 0.6 is 0 Å². The largest absolute Gasteiger partial charge is 0.416 e. The lowest BCUT2D eigenvalue weighted by molar-refractivity contribution is -0.137. The lowest BCUT2D eigenvalue weighted by Gasteiger charge is -2.08.